The van der Waals surface area contributed by atoms with E-state index < -0.39 is 0 Å². The molecular formula is C14H22N2O2. The smallest absolute Gasteiger partial charge is 0.227 e. The van der Waals surface area contributed by atoms with Gasteiger partial charge < -0.3 is 15.1 Å². The summed E-state index contributed by atoms with van der Waals surface area (Å²) < 4.78 is 5.48. The van der Waals surface area contributed by atoms with Gasteiger partial charge in [-0.1, -0.05) is 6.42 Å². The van der Waals surface area contributed by atoms with E-state index in [9.17, 15) is 4.79 Å². The van der Waals surface area contributed by atoms with Crippen LogP contribution in [-0.4, -0.2) is 26.0 Å². The molecule has 0 unspecified atom stereocenters. The normalized spacial score (nSPS) is 17.2. The van der Waals surface area contributed by atoms with Crippen LogP contribution < -0.4 is 10.6 Å². The van der Waals surface area contributed by atoms with Gasteiger partial charge in [0.2, 0.25) is 5.91 Å². The molecule has 2 N–H and O–H groups in total. The van der Waals surface area contributed by atoms with Crippen LogP contribution in [-0.2, 0) is 11.2 Å². The van der Waals surface area contributed by atoms with Crippen molar-refractivity contribution in [2.45, 2.75) is 32.6 Å². The van der Waals surface area contributed by atoms with Crippen molar-refractivity contribution in [3.8, 4) is 0 Å². The van der Waals surface area contributed by atoms with E-state index in [1.165, 1.54) is 0 Å². The van der Waals surface area contributed by atoms with Crippen LogP contribution in [0.25, 0.3) is 0 Å². The van der Waals surface area contributed by atoms with Crippen LogP contribution in [0.2, 0.25) is 0 Å². The summed E-state index contributed by atoms with van der Waals surface area (Å²) in [6.07, 6.45) is 3.92. The fraction of sp³-hybridized carbons (Fsp3) is 0.643. The van der Waals surface area contributed by atoms with Gasteiger partial charge in [-0.15, -0.1) is 0 Å². The minimum atomic E-state index is -0.159. The molecular weight excluding hydrogens is 228 g/mol. The van der Waals surface area contributed by atoms with Gasteiger partial charge in [0.15, 0.2) is 0 Å². The Balaban J connectivity index is 1.77. The molecule has 1 saturated carbocycles. The maximum absolute atomic E-state index is 12.2. The summed E-state index contributed by atoms with van der Waals surface area (Å²) in [6.45, 7) is 3.36. The molecule has 1 aliphatic carbocycles. The first-order chi connectivity index (χ1) is 8.66. The quantitative estimate of drug-likeness (QED) is 0.807. The van der Waals surface area contributed by atoms with Crippen LogP contribution in [0.1, 0.15) is 30.8 Å². The van der Waals surface area contributed by atoms with Gasteiger partial charge in [-0.25, -0.2) is 0 Å². The predicted molar refractivity (Wildman–Crippen MR) is 70.4 cm³/mol. The predicted octanol–water partition coefficient (Wildman–Crippen LogP) is 1.64. The van der Waals surface area contributed by atoms with E-state index in [-0.39, 0.29) is 11.3 Å². The molecule has 18 heavy (non-hydrogen) atoms. The standard InChI is InChI=1S/C14H22N2O2/c1-11-4-5-12(18-11)6-9-16-13(17)14(10-15-2)7-3-8-14/h4-5,15H,3,6-10H2,1-2H3,(H,16,17). The van der Waals surface area contributed by atoms with E-state index in [1.54, 1.807) is 0 Å². The van der Waals surface area contributed by atoms with E-state index in [0.717, 1.165) is 43.7 Å². The van der Waals surface area contributed by atoms with E-state index in [1.807, 2.05) is 26.1 Å². The SMILES string of the molecule is CNCC1(C(=O)NCCc2ccc(C)o2)CCC1. The lowest BCUT2D eigenvalue weighted by Gasteiger charge is -2.40. The highest BCUT2D eigenvalue weighted by Gasteiger charge is 2.43. The number of aryl methyl sites for hydroxylation is 1. The average Bonchev–Trinajstić information content (AvgIpc) is 2.69. The summed E-state index contributed by atoms with van der Waals surface area (Å²) in [4.78, 5) is 12.2. The van der Waals surface area contributed by atoms with Crippen molar-refractivity contribution in [1.82, 2.24) is 10.6 Å². The largest absolute Gasteiger partial charge is 0.466 e. The molecule has 1 heterocycles. The number of hydrogen-bond acceptors (Lipinski definition) is 3. The molecule has 4 heteroatoms. The number of amides is 1. The Hall–Kier alpha value is -1.29. The molecule has 0 saturated heterocycles. The molecule has 0 bridgehead atoms. The first kappa shape index (κ1) is 13.1. The second-order valence-corrected chi connectivity index (χ2v) is 5.18. The second kappa shape index (κ2) is 5.57. The number of hydrogen-bond donors (Lipinski definition) is 2. The Morgan fingerprint density at radius 3 is 2.72 bits per heavy atom. The van der Waals surface area contributed by atoms with E-state index >= 15 is 0 Å². The molecule has 0 radical (unpaired) electrons. The molecule has 0 aliphatic heterocycles. The molecule has 0 spiro atoms. The molecule has 1 fully saturated rings. The molecule has 2 rings (SSSR count). The third kappa shape index (κ3) is 2.75. The summed E-state index contributed by atoms with van der Waals surface area (Å²) >= 11 is 0. The maximum Gasteiger partial charge on any atom is 0.227 e. The van der Waals surface area contributed by atoms with Gasteiger partial charge in [0.25, 0.3) is 0 Å². The summed E-state index contributed by atoms with van der Waals surface area (Å²) in [5.41, 5.74) is -0.159. The third-order valence-corrected chi connectivity index (χ3v) is 3.76. The van der Waals surface area contributed by atoms with Crippen LogP contribution >= 0.6 is 0 Å². The van der Waals surface area contributed by atoms with Crippen molar-refractivity contribution in [3.63, 3.8) is 0 Å². The number of carbonyl (C=O) groups excluding carboxylic acids is 1. The average molecular weight is 250 g/mol. The maximum atomic E-state index is 12.2. The molecule has 0 aromatic carbocycles. The topological polar surface area (TPSA) is 54.3 Å². The third-order valence-electron chi connectivity index (χ3n) is 3.76. The monoisotopic (exact) mass is 250 g/mol. The Morgan fingerprint density at radius 1 is 1.44 bits per heavy atom. The van der Waals surface area contributed by atoms with Gasteiger partial charge in [-0.05, 0) is 38.9 Å². The number of nitrogens with one attached hydrogen (secondary N) is 2. The molecule has 1 aromatic rings. The van der Waals surface area contributed by atoms with Crippen molar-refractivity contribution in [2.24, 2.45) is 5.41 Å². The number of furan rings is 1. The van der Waals surface area contributed by atoms with E-state index in [4.69, 9.17) is 4.42 Å². The van der Waals surface area contributed by atoms with Crippen LogP contribution in [0, 0.1) is 12.3 Å². The number of carbonyl (C=O) groups is 1. The summed E-state index contributed by atoms with van der Waals surface area (Å²) in [7, 11) is 1.90. The Kier molecular flexibility index (Phi) is 4.07. The zero-order chi connectivity index (χ0) is 13.0. The molecule has 1 aromatic heterocycles. The lowest BCUT2D eigenvalue weighted by molar-refractivity contribution is -0.135. The zero-order valence-electron chi connectivity index (χ0n) is 11.2. The van der Waals surface area contributed by atoms with Gasteiger partial charge in [0.1, 0.15) is 11.5 Å². The Morgan fingerprint density at radius 2 is 2.22 bits per heavy atom. The van der Waals surface area contributed by atoms with Crippen molar-refractivity contribution in [3.05, 3.63) is 23.7 Å². The fourth-order valence-electron chi connectivity index (χ4n) is 2.53. The summed E-state index contributed by atoms with van der Waals surface area (Å²) in [6, 6.07) is 3.92. The molecule has 4 nitrogen and oxygen atoms in total. The Labute approximate surface area is 108 Å². The summed E-state index contributed by atoms with van der Waals surface area (Å²) in [5.74, 6) is 2.04. The first-order valence-electron chi connectivity index (χ1n) is 6.64. The van der Waals surface area contributed by atoms with Gasteiger partial charge in [0, 0.05) is 19.5 Å². The van der Waals surface area contributed by atoms with Gasteiger partial charge in [-0.3, -0.25) is 4.79 Å². The second-order valence-electron chi connectivity index (χ2n) is 5.18. The highest BCUT2D eigenvalue weighted by atomic mass is 16.3. The molecule has 1 aliphatic rings. The van der Waals surface area contributed by atoms with E-state index in [0.29, 0.717) is 6.54 Å². The van der Waals surface area contributed by atoms with Crippen LogP contribution in [0.3, 0.4) is 0 Å². The molecule has 1 amide bonds. The first-order valence-corrected chi connectivity index (χ1v) is 6.64. The van der Waals surface area contributed by atoms with Crippen LogP contribution in [0.5, 0.6) is 0 Å². The lowest BCUT2D eigenvalue weighted by Crippen LogP contribution is -2.51. The highest BCUT2D eigenvalue weighted by molar-refractivity contribution is 5.83. The van der Waals surface area contributed by atoms with Crippen LogP contribution in [0.15, 0.2) is 16.5 Å². The van der Waals surface area contributed by atoms with Crippen molar-refractivity contribution >= 4 is 5.91 Å². The van der Waals surface area contributed by atoms with Crippen molar-refractivity contribution < 1.29 is 9.21 Å². The molecule has 0 atom stereocenters. The van der Waals surface area contributed by atoms with E-state index in [2.05, 4.69) is 10.6 Å². The minimum Gasteiger partial charge on any atom is -0.466 e. The van der Waals surface area contributed by atoms with Gasteiger partial charge >= 0.3 is 0 Å². The van der Waals surface area contributed by atoms with Gasteiger partial charge in [-0.2, -0.15) is 0 Å². The van der Waals surface area contributed by atoms with Crippen molar-refractivity contribution in [2.75, 3.05) is 20.1 Å². The fourth-order valence-corrected chi connectivity index (χ4v) is 2.53. The van der Waals surface area contributed by atoms with Gasteiger partial charge in [0.05, 0.1) is 5.41 Å². The highest BCUT2D eigenvalue weighted by Crippen LogP contribution is 2.40. The summed E-state index contributed by atoms with van der Waals surface area (Å²) in [5, 5.41) is 6.15. The Bertz CT molecular complexity index is 408. The minimum absolute atomic E-state index is 0.159. The van der Waals surface area contributed by atoms with Crippen LogP contribution in [0.4, 0.5) is 0 Å². The van der Waals surface area contributed by atoms with Crippen molar-refractivity contribution in [1.29, 1.82) is 0 Å². The number of rotatable bonds is 6. The zero-order valence-corrected chi connectivity index (χ0v) is 11.2. The molecule has 100 valence electrons. The lowest BCUT2D eigenvalue weighted by atomic mass is 9.68.